The minimum atomic E-state index is -0.403. The maximum absolute atomic E-state index is 11.8. The number of hydrogen-bond donors (Lipinski definition) is 2. The predicted octanol–water partition coefficient (Wildman–Crippen LogP) is 3.03. The summed E-state index contributed by atoms with van der Waals surface area (Å²) in [6.07, 6.45) is 0. The van der Waals surface area contributed by atoms with Gasteiger partial charge >= 0.3 is 12.0 Å². The Kier molecular flexibility index (Phi) is 7.89. The van der Waals surface area contributed by atoms with Crippen LogP contribution in [0.25, 0.3) is 0 Å². The van der Waals surface area contributed by atoms with Crippen molar-refractivity contribution in [1.29, 1.82) is 0 Å². The maximum Gasteiger partial charge on any atom is 0.337 e. The smallest absolute Gasteiger partial charge is 0.337 e. The van der Waals surface area contributed by atoms with Crippen LogP contribution in [0.15, 0.2) is 48.5 Å². The van der Waals surface area contributed by atoms with Gasteiger partial charge < -0.3 is 20.1 Å². The molecule has 6 heteroatoms. The molecule has 2 rings (SSSR count). The molecule has 0 aliphatic carbocycles. The average molecular weight is 366 g/mol. The van der Waals surface area contributed by atoms with Gasteiger partial charge in [0.25, 0.3) is 0 Å². The van der Waals surface area contributed by atoms with Gasteiger partial charge in [-0.25, -0.2) is 9.59 Å². The zero-order valence-corrected chi connectivity index (χ0v) is 15.4. The molecule has 2 N–H and O–H groups in total. The first-order valence-electron chi connectivity index (χ1n) is 8.55. The number of rotatable bonds is 6. The Bertz CT molecular complexity index is 853. The summed E-state index contributed by atoms with van der Waals surface area (Å²) in [6, 6.07) is 13.8. The lowest BCUT2D eigenvalue weighted by atomic mass is 10.1. The van der Waals surface area contributed by atoms with E-state index in [1.165, 1.54) is 7.11 Å². The molecule has 0 radical (unpaired) electrons. The van der Waals surface area contributed by atoms with Gasteiger partial charge in [-0.1, -0.05) is 24.0 Å². The molecule has 0 aliphatic rings. The summed E-state index contributed by atoms with van der Waals surface area (Å²) in [7, 11) is 1.34. The van der Waals surface area contributed by atoms with E-state index in [2.05, 4.69) is 22.5 Å². The summed E-state index contributed by atoms with van der Waals surface area (Å²) < 4.78 is 9.87. The average Bonchev–Trinajstić information content (AvgIpc) is 2.69. The molecule has 2 aromatic carbocycles. The van der Waals surface area contributed by atoms with E-state index in [9.17, 15) is 9.59 Å². The second-order valence-electron chi connectivity index (χ2n) is 5.48. The number of anilines is 1. The number of carbonyl (C=O) groups excluding carboxylic acids is 2. The van der Waals surface area contributed by atoms with Gasteiger partial charge in [-0.05, 0) is 43.3 Å². The van der Waals surface area contributed by atoms with E-state index in [1.54, 1.807) is 30.3 Å². The van der Waals surface area contributed by atoms with E-state index in [0.29, 0.717) is 36.6 Å². The van der Waals surface area contributed by atoms with Gasteiger partial charge in [0.05, 0.1) is 19.3 Å². The molecular weight excluding hydrogens is 344 g/mol. The number of methoxy groups -OCH3 is 1. The van der Waals surface area contributed by atoms with Crippen LogP contribution < -0.4 is 10.6 Å². The molecule has 2 amide bonds. The Labute approximate surface area is 158 Å². The van der Waals surface area contributed by atoms with Crippen molar-refractivity contribution in [2.24, 2.45) is 0 Å². The quantitative estimate of drug-likeness (QED) is 0.468. The zero-order chi connectivity index (χ0) is 19.5. The van der Waals surface area contributed by atoms with Crippen molar-refractivity contribution in [1.82, 2.24) is 5.32 Å². The second kappa shape index (κ2) is 10.6. The SMILES string of the molecule is CCOCCNC(=O)Nc1cccc(C#Cc2cccc(C(=O)OC)c2)c1. The lowest BCUT2D eigenvalue weighted by Gasteiger charge is -2.07. The van der Waals surface area contributed by atoms with Gasteiger partial charge in [-0.15, -0.1) is 0 Å². The highest BCUT2D eigenvalue weighted by Gasteiger charge is 2.04. The normalized spacial score (nSPS) is 9.70. The number of benzene rings is 2. The van der Waals surface area contributed by atoms with Crippen LogP contribution in [0.4, 0.5) is 10.5 Å². The first-order chi connectivity index (χ1) is 13.1. The Balaban J connectivity index is 2.01. The zero-order valence-electron chi connectivity index (χ0n) is 15.4. The van der Waals surface area contributed by atoms with E-state index in [1.807, 2.05) is 25.1 Å². The molecule has 140 valence electrons. The standard InChI is InChI=1S/C21H22N2O4/c1-3-27-13-12-22-21(25)23-19-9-5-7-17(15-19)11-10-16-6-4-8-18(14-16)20(24)26-2/h4-9,14-15H,3,12-13H2,1-2H3,(H2,22,23,25). The Morgan fingerprint density at radius 1 is 1.04 bits per heavy atom. The van der Waals surface area contributed by atoms with Crippen molar-refractivity contribution >= 4 is 17.7 Å². The topological polar surface area (TPSA) is 76.7 Å². The lowest BCUT2D eigenvalue weighted by molar-refractivity contribution is 0.0600. The van der Waals surface area contributed by atoms with Gasteiger partial charge in [-0.3, -0.25) is 0 Å². The van der Waals surface area contributed by atoms with Crippen molar-refractivity contribution in [3.63, 3.8) is 0 Å². The van der Waals surface area contributed by atoms with Gasteiger partial charge in [0.15, 0.2) is 0 Å². The molecule has 2 aromatic rings. The molecule has 0 bridgehead atoms. The highest BCUT2D eigenvalue weighted by molar-refractivity contribution is 5.90. The molecular formula is C21H22N2O4. The number of amides is 2. The fraction of sp³-hybridized carbons (Fsp3) is 0.238. The lowest BCUT2D eigenvalue weighted by Crippen LogP contribution is -2.31. The second-order valence-corrected chi connectivity index (χ2v) is 5.48. The number of nitrogens with one attached hydrogen (secondary N) is 2. The summed E-state index contributed by atoms with van der Waals surface area (Å²) in [5.74, 6) is 5.63. The Morgan fingerprint density at radius 3 is 2.44 bits per heavy atom. The van der Waals surface area contributed by atoms with Crippen LogP contribution in [-0.4, -0.2) is 38.9 Å². The van der Waals surface area contributed by atoms with Gasteiger partial charge in [-0.2, -0.15) is 0 Å². The molecule has 27 heavy (non-hydrogen) atoms. The van der Waals surface area contributed by atoms with Crippen LogP contribution in [0, 0.1) is 11.8 Å². The molecule has 6 nitrogen and oxygen atoms in total. The minimum absolute atomic E-state index is 0.300. The van der Waals surface area contributed by atoms with Crippen molar-refractivity contribution in [3.8, 4) is 11.8 Å². The van der Waals surface area contributed by atoms with E-state index in [4.69, 9.17) is 9.47 Å². The minimum Gasteiger partial charge on any atom is -0.465 e. The summed E-state index contributed by atoms with van der Waals surface area (Å²) in [5, 5.41) is 5.47. The van der Waals surface area contributed by atoms with Crippen molar-refractivity contribution < 1.29 is 19.1 Å². The number of urea groups is 1. The fourth-order valence-corrected chi connectivity index (χ4v) is 2.22. The third kappa shape index (κ3) is 6.84. The third-order valence-electron chi connectivity index (χ3n) is 3.49. The molecule has 0 heterocycles. The van der Waals surface area contributed by atoms with Crippen LogP contribution in [0.1, 0.15) is 28.4 Å². The Morgan fingerprint density at radius 2 is 1.74 bits per heavy atom. The maximum atomic E-state index is 11.8. The molecule has 0 fully saturated rings. The number of ether oxygens (including phenoxy) is 2. The fourth-order valence-electron chi connectivity index (χ4n) is 2.22. The highest BCUT2D eigenvalue weighted by Crippen LogP contribution is 2.10. The molecule has 0 spiro atoms. The van der Waals surface area contributed by atoms with Crippen LogP contribution in [-0.2, 0) is 9.47 Å². The van der Waals surface area contributed by atoms with Crippen LogP contribution >= 0.6 is 0 Å². The van der Waals surface area contributed by atoms with E-state index >= 15 is 0 Å². The molecule has 0 saturated heterocycles. The summed E-state index contributed by atoms with van der Waals surface area (Å²) >= 11 is 0. The molecule has 0 unspecified atom stereocenters. The number of esters is 1. The first kappa shape index (κ1) is 20.0. The van der Waals surface area contributed by atoms with E-state index in [0.717, 1.165) is 5.56 Å². The third-order valence-corrected chi connectivity index (χ3v) is 3.49. The summed E-state index contributed by atoms with van der Waals surface area (Å²) in [4.78, 5) is 23.4. The van der Waals surface area contributed by atoms with Crippen molar-refractivity contribution in [3.05, 3.63) is 65.2 Å². The van der Waals surface area contributed by atoms with Crippen LogP contribution in [0.5, 0.6) is 0 Å². The van der Waals surface area contributed by atoms with Crippen LogP contribution in [0.3, 0.4) is 0 Å². The van der Waals surface area contributed by atoms with Crippen molar-refractivity contribution in [2.75, 3.05) is 32.2 Å². The number of hydrogen-bond acceptors (Lipinski definition) is 4. The van der Waals surface area contributed by atoms with Crippen molar-refractivity contribution in [2.45, 2.75) is 6.92 Å². The van der Waals surface area contributed by atoms with Crippen LogP contribution in [0.2, 0.25) is 0 Å². The molecule has 0 aliphatic heterocycles. The molecule has 0 aromatic heterocycles. The monoisotopic (exact) mass is 366 g/mol. The number of carbonyl (C=O) groups is 2. The van der Waals surface area contributed by atoms with E-state index < -0.39 is 5.97 Å². The highest BCUT2D eigenvalue weighted by atomic mass is 16.5. The largest absolute Gasteiger partial charge is 0.465 e. The summed E-state index contributed by atoms with van der Waals surface area (Å²) in [5.41, 5.74) is 2.53. The Hall–Kier alpha value is -3.30. The predicted molar refractivity (Wildman–Crippen MR) is 104 cm³/mol. The van der Waals surface area contributed by atoms with Gasteiger partial charge in [0.1, 0.15) is 0 Å². The first-order valence-corrected chi connectivity index (χ1v) is 8.55. The van der Waals surface area contributed by atoms with Gasteiger partial charge in [0, 0.05) is 30.0 Å². The summed E-state index contributed by atoms with van der Waals surface area (Å²) in [6.45, 7) is 3.43. The van der Waals surface area contributed by atoms with E-state index in [-0.39, 0.29) is 6.03 Å². The van der Waals surface area contributed by atoms with Gasteiger partial charge in [0.2, 0.25) is 0 Å². The molecule has 0 saturated carbocycles. The molecule has 0 atom stereocenters.